The molecular weight excluding hydrogens is 586 g/mol. The summed E-state index contributed by atoms with van der Waals surface area (Å²) in [7, 11) is 0. The maximum Gasteiger partial charge on any atom is 0.306 e. The number of nitrogens with zero attached hydrogens (tertiary/aromatic N) is 2. The summed E-state index contributed by atoms with van der Waals surface area (Å²) in [5.41, 5.74) is 1.97. The fourth-order valence-electron chi connectivity index (χ4n) is 7.47. The van der Waals surface area contributed by atoms with Gasteiger partial charge in [-0.25, -0.2) is 0 Å². The number of hydrogen-bond donors (Lipinski definition) is 2. The molecule has 4 aliphatic rings. The summed E-state index contributed by atoms with van der Waals surface area (Å²) in [6.07, 6.45) is 8.13. The van der Waals surface area contributed by atoms with Crippen LogP contribution in [0.15, 0.2) is 72.8 Å². The average molecular weight is 628 g/mol. The number of likely N-dealkylation sites (tertiary alicyclic amines) is 1. The average Bonchev–Trinajstić information content (AvgIpc) is 3.69. The minimum Gasteiger partial charge on any atom is -0.463 e. The van der Waals surface area contributed by atoms with Crippen LogP contribution in [0.5, 0.6) is 0 Å². The van der Waals surface area contributed by atoms with Crippen LogP contribution < -0.4 is 10.2 Å². The van der Waals surface area contributed by atoms with Crippen LogP contribution in [0.3, 0.4) is 0 Å². The fourth-order valence-corrected chi connectivity index (χ4v) is 7.47. The Kier molecular flexibility index (Phi) is 9.11. The van der Waals surface area contributed by atoms with Crippen molar-refractivity contribution >= 4 is 29.4 Å². The molecule has 0 saturated carbocycles. The van der Waals surface area contributed by atoms with E-state index in [0.717, 1.165) is 22.4 Å². The lowest BCUT2D eigenvalue weighted by Crippen LogP contribution is -2.56. The number of allylic oxidation sites excluding steroid dienone is 1. The van der Waals surface area contributed by atoms with Crippen LogP contribution in [-0.2, 0) is 28.7 Å². The van der Waals surface area contributed by atoms with E-state index in [-0.39, 0.29) is 44.5 Å². The van der Waals surface area contributed by atoms with Crippen LogP contribution in [0.2, 0.25) is 0 Å². The zero-order valence-corrected chi connectivity index (χ0v) is 26.3. The van der Waals surface area contributed by atoms with Crippen molar-refractivity contribution < 1.29 is 33.8 Å². The largest absolute Gasteiger partial charge is 0.463 e. The summed E-state index contributed by atoms with van der Waals surface area (Å²) in [6.45, 7) is 4.23. The molecule has 10 heteroatoms. The van der Waals surface area contributed by atoms with Crippen molar-refractivity contribution in [3.05, 3.63) is 89.5 Å². The van der Waals surface area contributed by atoms with Crippen molar-refractivity contribution in [2.45, 2.75) is 63.3 Å². The van der Waals surface area contributed by atoms with Crippen LogP contribution in [-0.4, -0.2) is 77.7 Å². The van der Waals surface area contributed by atoms with Crippen molar-refractivity contribution in [3.63, 3.8) is 0 Å². The number of carbonyl (C=O) groups excluding carboxylic acids is 4. The SMILES string of the molecule is Cc1cccc(C)c1N1C/C=C\CCC(=O)OC[C@@H](c2ccccc2)NC(=O)[C@@H]2[C@@H]3C=C[C@]4(O3)[C@H](C1=O)N(CCCCO)C(=O)[C@@H]24. The number of carbonyl (C=O) groups is 4. The summed E-state index contributed by atoms with van der Waals surface area (Å²) >= 11 is 0. The predicted molar refractivity (Wildman–Crippen MR) is 170 cm³/mol. The van der Waals surface area contributed by atoms with Crippen molar-refractivity contribution in [1.82, 2.24) is 10.2 Å². The number of aliphatic hydroxyl groups is 1. The van der Waals surface area contributed by atoms with E-state index in [9.17, 15) is 24.3 Å². The highest BCUT2D eigenvalue weighted by molar-refractivity contribution is 6.06. The lowest BCUT2D eigenvalue weighted by Gasteiger charge is -2.36. The smallest absolute Gasteiger partial charge is 0.306 e. The van der Waals surface area contributed by atoms with Crippen molar-refractivity contribution in [1.29, 1.82) is 0 Å². The Bertz CT molecular complexity index is 1540. The van der Waals surface area contributed by atoms with Crippen LogP contribution >= 0.6 is 0 Å². The van der Waals surface area contributed by atoms with E-state index >= 15 is 0 Å². The van der Waals surface area contributed by atoms with Crippen LogP contribution in [0, 0.1) is 25.7 Å². The number of cyclic esters (lactones) is 1. The van der Waals surface area contributed by atoms with Crippen LogP contribution in [0.1, 0.15) is 48.4 Å². The molecule has 0 radical (unpaired) electrons. The molecule has 242 valence electrons. The number of unbranched alkanes of at least 4 members (excludes halogenated alkanes) is 1. The summed E-state index contributed by atoms with van der Waals surface area (Å²) in [6, 6.07) is 13.4. The van der Waals surface area contributed by atoms with Gasteiger partial charge in [0.1, 0.15) is 18.2 Å². The Balaban J connectivity index is 1.44. The number of aliphatic hydroxyl groups excluding tert-OH is 1. The number of rotatable bonds is 6. The van der Waals surface area contributed by atoms with E-state index in [1.54, 1.807) is 15.9 Å². The molecule has 5 bridgehead atoms. The van der Waals surface area contributed by atoms with E-state index < -0.39 is 47.5 Å². The Labute approximate surface area is 269 Å². The molecule has 2 fully saturated rings. The van der Waals surface area contributed by atoms with Gasteiger partial charge in [-0.2, -0.15) is 0 Å². The molecule has 4 aliphatic heterocycles. The molecule has 2 aromatic carbocycles. The van der Waals surface area contributed by atoms with Gasteiger partial charge in [0, 0.05) is 31.8 Å². The number of amides is 3. The molecule has 6 atom stereocenters. The summed E-state index contributed by atoms with van der Waals surface area (Å²) in [5.74, 6) is -3.23. The maximum absolute atomic E-state index is 14.9. The Hall–Kier alpha value is -4.28. The third-order valence-corrected chi connectivity index (χ3v) is 9.59. The van der Waals surface area contributed by atoms with E-state index in [4.69, 9.17) is 9.47 Å². The van der Waals surface area contributed by atoms with Crippen LogP contribution in [0.25, 0.3) is 0 Å². The number of ether oxygens (including phenoxy) is 2. The Morgan fingerprint density at radius 3 is 2.46 bits per heavy atom. The molecule has 0 aromatic heterocycles. The number of para-hydroxylation sites is 1. The van der Waals surface area contributed by atoms with E-state index in [0.29, 0.717) is 19.3 Å². The van der Waals surface area contributed by atoms with Gasteiger partial charge in [-0.15, -0.1) is 0 Å². The Morgan fingerprint density at radius 2 is 1.72 bits per heavy atom. The van der Waals surface area contributed by atoms with Gasteiger partial charge in [0.05, 0.1) is 24.0 Å². The maximum atomic E-state index is 14.9. The molecule has 2 N–H and O–H groups in total. The number of nitrogens with one attached hydrogen (secondary N) is 1. The number of esters is 1. The first-order chi connectivity index (χ1) is 22.3. The van der Waals surface area contributed by atoms with E-state index in [2.05, 4.69) is 5.32 Å². The molecule has 10 nitrogen and oxygen atoms in total. The van der Waals surface area contributed by atoms with Crippen molar-refractivity contribution in [3.8, 4) is 0 Å². The molecule has 2 aromatic rings. The van der Waals surface area contributed by atoms with E-state index in [1.165, 1.54) is 0 Å². The highest BCUT2D eigenvalue weighted by Crippen LogP contribution is 2.55. The molecule has 46 heavy (non-hydrogen) atoms. The van der Waals surface area contributed by atoms with Gasteiger partial charge in [-0.1, -0.05) is 72.8 Å². The van der Waals surface area contributed by atoms with Gasteiger partial charge in [0.15, 0.2) is 0 Å². The van der Waals surface area contributed by atoms with Crippen molar-refractivity contribution in [2.24, 2.45) is 11.8 Å². The minimum absolute atomic E-state index is 0.0382. The monoisotopic (exact) mass is 627 g/mol. The zero-order valence-electron chi connectivity index (χ0n) is 26.3. The highest BCUT2D eigenvalue weighted by Gasteiger charge is 2.73. The topological polar surface area (TPSA) is 125 Å². The molecule has 1 spiro atoms. The van der Waals surface area contributed by atoms with Crippen LogP contribution in [0.4, 0.5) is 5.69 Å². The molecule has 0 aliphatic carbocycles. The second kappa shape index (κ2) is 13.2. The van der Waals surface area contributed by atoms with Gasteiger partial charge in [0.25, 0.3) is 5.91 Å². The molecule has 4 heterocycles. The number of aryl methyl sites for hydroxylation is 2. The second-order valence-electron chi connectivity index (χ2n) is 12.5. The third-order valence-electron chi connectivity index (χ3n) is 9.59. The summed E-state index contributed by atoms with van der Waals surface area (Å²) in [4.78, 5) is 59.5. The normalized spacial score (nSPS) is 30.4. The molecule has 3 amide bonds. The quantitative estimate of drug-likeness (QED) is 0.286. The zero-order chi connectivity index (χ0) is 32.4. The molecule has 6 rings (SSSR count). The summed E-state index contributed by atoms with van der Waals surface area (Å²) < 4.78 is 12.2. The number of hydrogen-bond acceptors (Lipinski definition) is 7. The third kappa shape index (κ3) is 5.64. The number of anilines is 1. The van der Waals surface area contributed by atoms with E-state index in [1.807, 2.05) is 80.6 Å². The lowest BCUT2D eigenvalue weighted by molar-refractivity contribution is -0.145. The van der Waals surface area contributed by atoms with Gasteiger partial charge >= 0.3 is 5.97 Å². The number of benzene rings is 2. The molecule has 2 saturated heterocycles. The molecule has 0 unspecified atom stereocenters. The fraction of sp³-hybridized carbons (Fsp3) is 0.444. The first kappa shape index (κ1) is 31.7. The lowest BCUT2D eigenvalue weighted by atomic mass is 9.74. The summed E-state index contributed by atoms with van der Waals surface area (Å²) in [5, 5.41) is 12.6. The van der Waals surface area contributed by atoms with Crippen molar-refractivity contribution in [2.75, 3.05) is 31.2 Å². The standard InChI is InChI=1S/C36H41N3O7/c1-23-12-11-13-24(2)31(23)38-19-8-4-7-16-28(41)45-22-26(25-14-5-3-6-15-25)37-33(42)29-27-17-18-36(46-27)30(29)34(43)39(20-9-10-21-40)32(36)35(38)44/h3-6,8,11-15,17-18,26-27,29-30,32,40H,7,9-10,16,19-22H2,1-2H3,(H,37,42)/b8-4-/t26-,27-,29+,30+,32-,36+/m0/s1. The molecular formula is C36H41N3O7. The van der Waals surface area contributed by atoms with Gasteiger partial charge in [0.2, 0.25) is 11.8 Å². The van der Waals surface area contributed by atoms with Gasteiger partial charge < -0.3 is 29.7 Å². The van der Waals surface area contributed by atoms with Gasteiger partial charge in [-0.3, -0.25) is 19.2 Å². The second-order valence-corrected chi connectivity index (χ2v) is 12.5. The first-order valence-corrected chi connectivity index (χ1v) is 16.1. The number of fused-ring (bicyclic) bond motifs is 2. The minimum atomic E-state index is -1.33. The first-order valence-electron chi connectivity index (χ1n) is 16.1. The Morgan fingerprint density at radius 1 is 0.957 bits per heavy atom. The van der Waals surface area contributed by atoms with Gasteiger partial charge in [-0.05, 0) is 49.8 Å². The highest BCUT2D eigenvalue weighted by atomic mass is 16.5. The predicted octanol–water partition coefficient (Wildman–Crippen LogP) is 3.31.